The second-order valence-electron chi connectivity index (χ2n) is 4.04. The van der Waals surface area contributed by atoms with Crippen molar-refractivity contribution in [2.24, 2.45) is 0 Å². The van der Waals surface area contributed by atoms with E-state index in [0.717, 1.165) is 32.7 Å². The van der Waals surface area contributed by atoms with Gasteiger partial charge in [0.1, 0.15) is 11.9 Å². The predicted octanol–water partition coefficient (Wildman–Crippen LogP) is 1.13. The summed E-state index contributed by atoms with van der Waals surface area (Å²) >= 11 is 0. The van der Waals surface area contributed by atoms with E-state index in [9.17, 15) is 10.1 Å². The van der Waals surface area contributed by atoms with Crippen LogP contribution >= 0.6 is 0 Å². The van der Waals surface area contributed by atoms with E-state index in [1.54, 1.807) is 12.3 Å². The normalized spacial score (nSPS) is 17.1. The Morgan fingerprint density at radius 3 is 2.71 bits per heavy atom. The topological polar surface area (TPSA) is 62.5 Å². The third-order valence-electron chi connectivity index (χ3n) is 3.13. The van der Waals surface area contributed by atoms with Crippen LogP contribution in [0.2, 0.25) is 0 Å². The van der Waals surface area contributed by atoms with Crippen LogP contribution in [0.1, 0.15) is 6.92 Å². The lowest BCUT2D eigenvalue weighted by Gasteiger charge is -2.35. The third-order valence-corrected chi connectivity index (χ3v) is 3.13. The molecule has 92 valence electrons. The molecular weight excluding hydrogens is 220 g/mol. The molecule has 0 saturated carbocycles. The lowest BCUT2D eigenvalue weighted by molar-refractivity contribution is -0.384. The monoisotopic (exact) mass is 236 g/mol. The molecule has 0 aliphatic carbocycles. The molecular formula is C11H16N4O2. The molecule has 1 aromatic heterocycles. The molecule has 1 aromatic rings. The highest BCUT2D eigenvalue weighted by molar-refractivity contribution is 5.61. The number of anilines is 1. The highest BCUT2D eigenvalue weighted by Crippen LogP contribution is 2.27. The molecule has 0 bridgehead atoms. The number of nitrogens with zero attached hydrogens (tertiary/aromatic N) is 4. The third kappa shape index (κ3) is 2.52. The van der Waals surface area contributed by atoms with Gasteiger partial charge in [-0.1, -0.05) is 6.92 Å². The van der Waals surface area contributed by atoms with Gasteiger partial charge in [-0.15, -0.1) is 0 Å². The van der Waals surface area contributed by atoms with E-state index in [1.807, 2.05) is 0 Å². The van der Waals surface area contributed by atoms with Crippen LogP contribution in [0.3, 0.4) is 0 Å². The number of pyridine rings is 1. The number of likely N-dealkylation sites (N-methyl/N-ethyl adjacent to an activating group) is 1. The molecule has 6 heteroatoms. The molecule has 0 atom stereocenters. The quantitative estimate of drug-likeness (QED) is 0.581. The van der Waals surface area contributed by atoms with E-state index in [0.29, 0.717) is 5.69 Å². The fourth-order valence-electron chi connectivity index (χ4n) is 2.09. The number of piperazine rings is 1. The van der Waals surface area contributed by atoms with Gasteiger partial charge in [-0.3, -0.25) is 15.1 Å². The van der Waals surface area contributed by atoms with Gasteiger partial charge in [0.15, 0.2) is 0 Å². The van der Waals surface area contributed by atoms with E-state index < -0.39 is 0 Å². The molecule has 1 fully saturated rings. The lowest BCUT2D eigenvalue weighted by Crippen LogP contribution is -2.46. The second-order valence-corrected chi connectivity index (χ2v) is 4.04. The Morgan fingerprint density at radius 2 is 2.12 bits per heavy atom. The van der Waals surface area contributed by atoms with E-state index in [4.69, 9.17) is 0 Å². The van der Waals surface area contributed by atoms with Crippen molar-refractivity contribution < 1.29 is 4.92 Å². The first kappa shape index (κ1) is 11.8. The van der Waals surface area contributed by atoms with Gasteiger partial charge in [0.25, 0.3) is 0 Å². The highest BCUT2D eigenvalue weighted by Gasteiger charge is 2.22. The molecule has 2 heterocycles. The zero-order valence-electron chi connectivity index (χ0n) is 9.87. The van der Waals surface area contributed by atoms with Crippen molar-refractivity contribution in [3.8, 4) is 0 Å². The molecule has 1 aliphatic rings. The van der Waals surface area contributed by atoms with Crippen LogP contribution in [0.4, 0.5) is 11.4 Å². The molecule has 0 radical (unpaired) electrons. The van der Waals surface area contributed by atoms with Crippen LogP contribution in [0.15, 0.2) is 18.5 Å². The maximum Gasteiger partial charge on any atom is 0.310 e. The van der Waals surface area contributed by atoms with Crippen molar-refractivity contribution in [2.75, 3.05) is 37.6 Å². The summed E-state index contributed by atoms with van der Waals surface area (Å²) < 4.78 is 0. The van der Waals surface area contributed by atoms with Crippen LogP contribution in [0.5, 0.6) is 0 Å². The summed E-state index contributed by atoms with van der Waals surface area (Å²) in [5.74, 6) is 0. The maximum atomic E-state index is 10.9. The van der Waals surface area contributed by atoms with Gasteiger partial charge in [0.05, 0.1) is 4.92 Å². The SMILES string of the molecule is CCN1CCN(c2ccncc2[N+](=O)[O-])CC1. The molecule has 6 nitrogen and oxygen atoms in total. The van der Waals surface area contributed by atoms with Crippen LogP contribution in [-0.2, 0) is 0 Å². The summed E-state index contributed by atoms with van der Waals surface area (Å²) in [5.41, 5.74) is 0.776. The summed E-state index contributed by atoms with van der Waals surface area (Å²) in [6.07, 6.45) is 2.93. The lowest BCUT2D eigenvalue weighted by atomic mass is 10.2. The summed E-state index contributed by atoms with van der Waals surface area (Å²) in [6.45, 7) is 6.74. The smallest absolute Gasteiger partial charge is 0.310 e. The largest absolute Gasteiger partial charge is 0.363 e. The van der Waals surface area contributed by atoms with Gasteiger partial charge in [0, 0.05) is 32.4 Å². The van der Waals surface area contributed by atoms with Gasteiger partial charge in [-0.25, -0.2) is 0 Å². The van der Waals surface area contributed by atoms with Crippen molar-refractivity contribution in [2.45, 2.75) is 6.92 Å². The number of nitro groups is 1. The van der Waals surface area contributed by atoms with Crippen LogP contribution in [-0.4, -0.2) is 47.5 Å². The number of aromatic nitrogens is 1. The fourth-order valence-corrected chi connectivity index (χ4v) is 2.09. The van der Waals surface area contributed by atoms with Crippen LogP contribution in [0.25, 0.3) is 0 Å². The molecule has 0 amide bonds. The summed E-state index contributed by atoms with van der Waals surface area (Å²) in [5, 5.41) is 10.9. The van der Waals surface area contributed by atoms with E-state index in [1.165, 1.54) is 6.20 Å². The Bertz CT molecular complexity index is 402. The average Bonchev–Trinajstić information content (AvgIpc) is 2.39. The summed E-state index contributed by atoms with van der Waals surface area (Å²) in [6, 6.07) is 1.72. The molecule has 0 spiro atoms. The Morgan fingerprint density at radius 1 is 1.41 bits per heavy atom. The fraction of sp³-hybridized carbons (Fsp3) is 0.545. The van der Waals surface area contributed by atoms with Crippen molar-refractivity contribution >= 4 is 11.4 Å². The van der Waals surface area contributed by atoms with Gasteiger partial charge in [-0.2, -0.15) is 0 Å². The minimum atomic E-state index is -0.367. The summed E-state index contributed by atoms with van der Waals surface area (Å²) in [4.78, 5) is 18.8. The molecule has 17 heavy (non-hydrogen) atoms. The Hall–Kier alpha value is -1.69. The standard InChI is InChI=1S/C11H16N4O2/c1-2-13-5-7-14(8-6-13)10-3-4-12-9-11(10)15(16)17/h3-4,9H,2,5-8H2,1H3. The Balaban J connectivity index is 2.15. The van der Waals surface area contributed by atoms with Crippen LogP contribution in [0, 0.1) is 10.1 Å². The maximum absolute atomic E-state index is 10.9. The molecule has 2 rings (SSSR count). The van der Waals surface area contributed by atoms with Crippen molar-refractivity contribution in [3.05, 3.63) is 28.6 Å². The number of hydrogen-bond acceptors (Lipinski definition) is 5. The zero-order chi connectivity index (χ0) is 12.3. The molecule has 1 saturated heterocycles. The van der Waals surface area contributed by atoms with Gasteiger partial charge in [-0.05, 0) is 12.6 Å². The average molecular weight is 236 g/mol. The molecule has 0 aromatic carbocycles. The molecule has 0 N–H and O–H groups in total. The van der Waals surface area contributed by atoms with Gasteiger partial charge < -0.3 is 9.80 Å². The number of hydrogen-bond donors (Lipinski definition) is 0. The predicted molar refractivity (Wildman–Crippen MR) is 65.2 cm³/mol. The van der Waals surface area contributed by atoms with Gasteiger partial charge in [0.2, 0.25) is 0 Å². The Kier molecular flexibility index (Phi) is 3.53. The number of rotatable bonds is 3. The van der Waals surface area contributed by atoms with Crippen molar-refractivity contribution in [3.63, 3.8) is 0 Å². The van der Waals surface area contributed by atoms with Crippen LogP contribution < -0.4 is 4.90 Å². The van der Waals surface area contributed by atoms with E-state index in [-0.39, 0.29) is 10.6 Å². The minimum absolute atomic E-state index is 0.0949. The van der Waals surface area contributed by atoms with Gasteiger partial charge >= 0.3 is 5.69 Å². The molecule has 1 aliphatic heterocycles. The van der Waals surface area contributed by atoms with E-state index >= 15 is 0 Å². The first-order valence-electron chi connectivity index (χ1n) is 5.78. The van der Waals surface area contributed by atoms with E-state index in [2.05, 4.69) is 21.7 Å². The zero-order valence-corrected chi connectivity index (χ0v) is 9.87. The molecule has 0 unspecified atom stereocenters. The Labute approximate surface area is 100 Å². The summed E-state index contributed by atoms with van der Waals surface area (Å²) in [7, 11) is 0. The second kappa shape index (κ2) is 5.09. The van der Waals surface area contributed by atoms with Crippen molar-refractivity contribution in [1.82, 2.24) is 9.88 Å². The van der Waals surface area contributed by atoms with Crippen molar-refractivity contribution in [1.29, 1.82) is 0 Å². The highest BCUT2D eigenvalue weighted by atomic mass is 16.6. The first-order chi connectivity index (χ1) is 8.22. The minimum Gasteiger partial charge on any atom is -0.363 e. The first-order valence-corrected chi connectivity index (χ1v) is 5.78.